The van der Waals surface area contributed by atoms with Crippen molar-refractivity contribution in [2.45, 2.75) is 0 Å². The van der Waals surface area contributed by atoms with Crippen molar-refractivity contribution in [1.29, 1.82) is 0 Å². The maximum atomic E-state index is 14.9. The van der Waals surface area contributed by atoms with Gasteiger partial charge in [0.25, 0.3) is 0 Å². The Labute approximate surface area is 181 Å². The quantitative estimate of drug-likeness (QED) is 0.208. The third-order valence-corrected chi connectivity index (χ3v) is 5.64. The lowest BCUT2D eigenvalue weighted by atomic mass is 9.85. The van der Waals surface area contributed by atoms with Gasteiger partial charge in [0.15, 0.2) is 11.6 Å². The summed E-state index contributed by atoms with van der Waals surface area (Å²) in [5.74, 6) is -2.89. The molecule has 0 saturated heterocycles. The third-order valence-electron chi connectivity index (χ3n) is 5.64. The molecule has 5 aromatic carbocycles. The van der Waals surface area contributed by atoms with Crippen LogP contribution in [0.4, 0.5) is 17.6 Å². The van der Waals surface area contributed by atoms with E-state index in [9.17, 15) is 17.6 Å². The van der Waals surface area contributed by atoms with Gasteiger partial charge in [0.1, 0.15) is 17.4 Å². The van der Waals surface area contributed by atoms with Crippen molar-refractivity contribution in [1.82, 2.24) is 0 Å². The van der Waals surface area contributed by atoms with E-state index in [-0.39, 0.29) is 5.56 Å². The molecule has 5 aromatic rings. The van der Waals surface area contributed by atoms with Crippen LogP contribution < -0.4 is 4.74 Å². The minimum atomic E-state index is -1.04. The molecular formula is C27H16F4O. The molecule has 158 valence electrons. The summed E-state index contributed by atoms with van der Waals surface area (Å²) in [7, 11) is 1.56. The molecule has 0 bridgehead atoms. The molecule has 0 amide bonds. The SMILES string of the molecule is COc1ccc(-c2c3ccccc3c(-c3ccc(F)cc3F)c3cc(F)c(F)cc23)cc1. The van der Waals surface area contributed by atoms with Crippen LogP contribution in [-0.4, -0.2) is 7.11 Å². The van der Waals surface area contributed by atoms with Crippen molar-refractivity contribution in [3.8, 4) is 28.0 Å². The van der Waals surface area contributed by atoms with Gasteiger partial charge in [0.2, 0.25) is 0 Å². The summed E-state index contributed by atoms with van der Waals surface area (Å²) in [5.41, 5.74) is 1.94. The largest absolute Gasteiger partial charge is 0.497 e. The highest BCUT2D eigenvalue weighted by Gasteiger charge is 2.20. The Hall–Kier alpha value is -3.86. The number of fused-ring (bicyclic) bond motifs is 2. The maximum Gasteiger partial charge on any atom is 0.159 e. The summed E-state index contributed by atoms with van der Waals surface area (Å²) in [5, 5.41) is 2.13. The first kappa shape index (κ1) is 20.1. The van der Waals surface area contributed by atoms with E-state index in [0.29, 0.717) is 33.0 Å². The van der Waals surface area contributed by atoms with Crippen molar-refractivity contribution < 1.29 is 22.3 Å². The zero-order valence-corrected chi connectivity index (χ0v) is 16.9. The molecule has 0 aromatic heterocycles. The molecule has 0 aliphatic carbocycles. The number of ether oxygens (including phenoxy) is 1. The van der Waals surface area contributed by atoms with Crippen molar-refractivity contribution in [2.75, 3.05) is 7.11 Å². The predicted molar refractivity (Wildman–Crippen MR) is 119 cm³/mol. The highest BCUT2D eigenvalue weighted by Crippen LogP contribution is 2.45. The zero-order chi connectivity index (χ0) is 22.4. The number of benzene rings is 5. The van der Waals surface area contributed by atoms with Gasteiger partial charge >= 0.3 is 0 Å². The molecule has 5 rings (SSSR count). The minimum absolute atomic E-state index is 0.111. The molecule has 5 heteroatoms. The van der Waals surface area contributed by atoms with E-state index in [1.165, 1.54) is 6.07 Å². The minimum Gasteiger partial charge on any atom is -0.497 e. The maximum absolute atomic E-state index is 14.9. The van der Waals surface area contributed by atoms with Crippen molar-refractivity contribution >= 4 is 21.5 Å². The van der Waals surface area contributed by atoms with Gasteiger partial charge < -0.3 is 4.74 Å². The van der Waals surface area contributed by atoms with Crippen LogP contribution in [0.25, 0.3) is 43.8 Å². The van der Waals surface area contributed by atoms with Crippen LogP contribution in [0, 0.1) is 23.3 Å². The van der Waals surface area contributed by atoms with Crippen LogP contribution >= 0.6 is 0 Å². The van der Waals surface area contributed by atoms with E-state index >= 15 is 0 Å². The van der Waals surface area contributed by atoms with Gasteiger partial charge in [-0.25, -0.2) is 17.6 Å². The van der Waals surface area contributed by atoms with Crippen molar-refractivity contribution in [3.05, 3.63) is 102 Å². The number of rotatable bonds is 3. The lowest BCUT2D eigenvalue weighted by Gasteiger charge is -2.18. The van der Waals surface area contributed by atoms with Crippen LogP contribution in [0.1, 0.15) is 0 Å². The molecule has 0 unspecified atom stereocenters. The standard InChI is InChI=1S/C27H16F4O/c1-32-17-9-6-15(7-10-17)26-18-4-2-3-5-19(18)27(20-11-8-16(28)12-23(20)29)22-14-25(31)24(30)13-21(22)26/h2-14H,1H3. The van der Waals surface area contributed by atoms with Gasteiger partial charge in [0, 0.05) is 17.2 Å². The molecule has 0 N–H and O–H groups in total. The molecule has 0 fully saturated rings. The van der Waals surface area contributed by atoms with Gasteiger partial charge in [-0.2, -0.15) is 0 Å². The summed E-state index contributed by atoms with van der Waals surface area (Å²) in [6.07, 6.45) is 0. The average Bonchev–Trinajstić information content (AvgIpc) is 2.79. The van der Waals surface area contributed by atoms with Gasteiger partial charge in [-0.1, -0.05) is 36.4 Å². The van der Waals surface area contributed by atoms with Gasteiger partial charge in [-0.05, 0) is 69.1 Å². The Morgan fingerprint density at radius 2 is 1.16 bits per heavy atom. The zero-order valence-electron chi connectivity index (χ0n) is 16.9. The first-order valence-electron chi connectivity index (χ1n) is 9.91. The van der Waals surface area contributed by atoms with Crippen LogP contribution in [-0.2, 0) is 0 Å². The lowest BCUT2D eigenvalue weighted by molar-refractivity contribution is 0.415. The summed E-state index contributed by atoms with van der Waals surface area (Å²) in [6.45, 7) is 0. The molecule has 0 radical (unpaired) electrons. The number of hydrogen-bond donors (Lipinski definition) is 0. The third kappa shape index (κ3) is 3.17. The van der Waals surface area contributed by atoms with E-state index in [1.807, 2.05) is 24.3 Å². The second-order valence-corrected chi connectivity index (χ2v) is 7.46. The van der Waals surface area contributed by atoms with Crippen molar-refractivity contribution in [2.24, 2.45) is 0 Å². The molecule has 0 heterocycles. The molecule has 0 spiro atoms. The average molecular weight is 432 g/mol. The fraction of sp³-hybridized carbons (Fsp3) is 0.0370. The van der Waals surface area contributed by atoms with E-state index in [2.05, 4.69) is 0 Å². The molecule has 0 aliphatic rings. The number of halogens is 4. The lowest BCUT2D eigenvalue weighted by Crippen LogP contribution is -1.95. The molecule has 0 atom stereocenters. The number of hydrogen-bond acceptors (Lipinski definition) is 1. The normalized spacial score (nSPS) is 11.3. The van der Waals surface area contributed by atoms with E-state index in [1.54, 1.807) is 31.4 Å². The highest BCUT2D eigenvalue weighted by molar-refractivity contribution is 6.21. The molecule has 0 saturated carbocycles. The van der Waals surface area contributed by atoms with E-state index in [4.69, 9.17) is 4.74 Å². The fourth-order valence-corrected chi connectivity index (χ4v) is 4.22. The van der Waals surface area contributed by atoms with Crippen LogP contribution in [0.3, 0.4) is 0 Å². The highest BCUT2D eigenvalue weighted by atomic mass is 19.2. The monoisotopic (exact) mass is 432 g/mol. The van der Waals surface area contributed by atoms with E-state index in [0.717, 1.165) is 35.2 Å². The predicted octanol–water partition coefficient (Wildman–Crippen LogP) is 7.89. The molecular weight excluding hydrogens is 416 g/mol. The smallest absolute Gasteiger partial charge is 0.159 e. The van der Waals surface area contributed by atoms with Gasteiger partial charge in [-0.15, -0.1) is 0 Å². The topological polar surface area (TPSA) is 9.23 Å². The Morgan fingerprint density at radius 3 is 1.75 bits per heavy atom. The van der Waals surface area contributed by atoms with Crippen LogP contribution in [0.2, 0.25) is 0 Å². The molecule has 1 nitrogen and oxygen atoms in total. The fourth-order valence-electron chi connectivity index (χ4n) is 4.22. The van der Waals surface area contributed by atoms with Crippen LogP contribution in [0.5, 0.6) is 5.75 Å². The number of methoxy groups -OCH3 is 1. The van der Waals surface area contributed by atoms with Gasteiger partial charge in [-0.3, -0.25) is 0 Å². The molecule has 32 heavy (non-hydrogen) atoms. The first-order chi connectivity index (χ1) is 15.5. The van der Waals surface area contributed by atoms with Crippen molar-refractivity contribution in [3.63, 3.8) is 0 Å². The Kier molecular flexibility index (Phi) is 4.82. The Morgan fingerprint density at radius 1 is 0.562 bits per heavy atom. The summed E-state index contributed by atoms with van der Waals surface area (Å²) < 4.78 is 62.5. The Balaban J connectivity index is 1.99. The molecule has 0 aliphatic heterocycles. The van der Waals surface area contributed by atoms with E-state index < -0.39 is 23.3 Å². The second kappa shape index (κ2) is 7.68. The summed E-state index contributed by atoms with van der Waals surface area (Å²) in [4.78, 5) is 0. The summed E-state index contributed by atoms with van der Waals surface area (Å²) in [6, 6.07) is 19.9. The Bertz CT molecular complexity index is 1490. The van der Waals surface area contributed by atoms with Crippen LogP contribution in [0.15, 0.2) is 78.9 Å². The second-order valence-electron chi connectivity index (χ2n) is 7.46. The van der Waals surface area contributed by atoms with Gasteiger partial charge in [0.05, 0.1) is 7.11 Å². The summed E-state index contributed by atoms with van der Waals surface area (Å²) >= 11 is 0. The first-order valence-corrected chi connectivity index (χ1v) is 9.91.